The highest BCUT2D eigenvalue weighted by Gasteiger charge is 2.42. The standard InChI is InChI=1S/C67H55N5Si/c1-2-50-40-46-34-36-51(41-46)70(50)52-37-39-64-60(44-52)58-31-16-18-33-62(58)72(64)66-45-65(71-61-32-17-15-30-57(61)59-43-48(35-38-63(59)71)47-20-7-3-8-21-47)68-67(69-66)49-22-19-29-56(42-49)73(53-23-9-4-10-24-53,54-25-11-5-12-26-54)55-27-13-6-14-28-55/h3-33,35,37-39,42-46,50-51H,2,34,36,40-41H2,1H3. The van der Waals surface area contributed by atoms with Gasteiger partial charge in [0.05, 0.1) is 22.1 Å². The van der Waals surface area contributed by atoms with Crippen LogP contribution in [0.3, 0.4) is 0 Å². The van der Waals surface area contributed by atoms with Crippen molar-refractivity contribution >= 4 is 78.1 Å². The van der Waals surface area contributed by atoms with Gasteiger partial charge in [0.2, 0.25) is 0 Å². The summed E-state index contributed by atoms with van der Waals surface area (Å²) in [6.07, 6.45) is 6.42. The lowest BCUT2D eigenvalue weighted by Crippen LogP contribution is -2.74. The van der Waals surface area contributed by atoms with Crippen LogP contribution in [-0.2, 0) is 0 Å². The fourth-order valence-corrected chi connectivity index (χ4v) is 18.0. The zero-order valence-electron chi connectivity index (χ0n) is 41.0. The summed E-state index contributed by atoms with van der Waals surface area (Å²) in [7, 11) is -2.88. The summed E-state index contributed by atoms with van der Waals surface area (Å²) in [6.45, 7) is 2.37. The minimum Gasteiger partial charge on any atom is -0.366 e. The van der Waals surface area contributed by atoms with E-state index >= 15 is 0 Å². The fraction of sp³-hybridized carbons (Fsp3) is 0.134. The lowest BCUT2D eigenvalue weighted by atomic mass is 9.90. The molecule has 1 saturated carbocycles. The highest BCUT2D eigenvalue weighted by atomic mass is 28.3. The molecule has 1 saturated heterocycles. The first-order chi connectivity index (χ1) is 36.1. The van der Waals surface area contributed by atoms with Gasteiger partial charge < -0.3 is 4.90 Å². The third-order valence-electron chi connectivity index (χ3n) is 16.4. The molecule has 5 nitrogen and oxygen atoms in total. The Morgan fingerprint density at radius 2 is 0.918 bits per heavy atom. The van der Waals surface area contributed by atoms with Gasteiger partial charge in [-0.2, -0.15) is 0 Å². The number of fused-ring (bicyclic) bond motifs is 8. The lowest BCUT2D eigenvalue weighted by molar-refractivity contribution is 0.351. The molecule has 1 aliphatic carbocycles. The Morgan fingerprint density at radius 3 is 1.52 bits per heavy atom. The Bertz CT molecular complexity index is 3900. The first kappa shape index (κ1) is 43.5. The molecule has 4 heterocycles. The summed E-state index contributed by atoms with van der Waals surface area (Å²) in [5, 5.41) is 10.1. The van der Waals surface area contributed by atoms with E-state index in [-0.39, 0.29) is 0 Å². The van der Waals surface area contributed by atoms with E-state index in [1.807, 2.05) is 0 Å². The second-order valence-corrected chi connectivity index (χ2v) is 24.2. The predicted octanol–water partition coefficient (Wildman–Crippen LogP) is 13.5. The predicted molar refractivity (Wildman–Crippen MR) is 308 cm³/mol. The molecule has 0 N–H and O–H groups in total. The maximum Gasteiger partial charge on any atom is 0.179 e. The molecular weight excluding hydrogens is 903 g/mol. The number of aromatic nitrogens is 4. The van der Waals surface area contributed by atoms with Gasteiger partial charge in [-0.1, -0.05) is 195 Å². The van der Waals surface area contributed by atoms with Crippen LogP contribution in [-0.4, -0.2) is 39.3 Å². The van der Waals surface area contributed by atoms with Crippen LogP contribution in [0, 0.1) is 5.92 Å². The number of para-hydroxylation sites is 2. The van der Waals surface area contributed by atoms with Crippen molar-refractivity contribution in [3.8, 4) is 34.2 Å². The number of piperidine rings is 1. The Hall–Kier alpha value is -8.32. The van der Waals surface area contributed by atoms with E-state index in [0.717, 1.165) is 45.2 Å². The summed E-state index contributed by atoms with van der Waals surface area (Å²) >= 11 is 0. The van der Waals surface area contributed by atoms with Crippen molar-refractivity contribution in [1.82, 2.24) is 19.1 Å². The van der Waals surface area contributed by atoms with E-state index in [1.54, 1.807) is 0 Å². The number of hydrogen-bond acceptors (Lipinski definition) is 3. The van der Waals surface area contributed by atoms with Crippen LogP contribution in [0.1, 0.15) is 39.0 Å². The van der Waals surface area contributed by atoms with Crippen LogP contribution < -0.4 is 25.6 Å². The molecular formula is C67H55N5Si. The van der Waals surface area contributed by atoms with E-state index in [2.05, 4.69) is 258 Å². The average Bonchev–Trinajstić information content (AvgIpc) is 4.13. The van der Waals surface area contributed by atoms with Gasteiger partial charge in [0, 0.05) is 50.9 Å². The highest BCUT2D eigenvalue weighted by molar-refractivity contribution is 7.19. The quantitative estimate of drug-likeness (QED) is 0.101. The maximum atomic E-state index is 5.72. The summed E-state index contributed by atoms with van der Waals surface area (Å²) in [4.78, 5) is 14.2. The Balaban J connectivity index is 1.03. The zero-order chi connectivity index (χ0) is 48.5. The molecule has 2 aliphatic rings. The topological polar surface area (TPSA) is 38.9 Å². The van der Waals surface area contributed by atoms with Gasteiger partial charge in [0.15, 0.2) is 13.9 Å². The SMILES string of the molecule is CCC1CC2CCC(C2)N1c1ccc2c(c1)c1ccccc1n2-c1cc(-n2c3ccccc3c3cc(-c4ccccc4)ccc32)nc(-c2cccc([Si](c3ccccc3)(c3ccccc3)c3ccccc3)c2)n1. The molecule has 2 fully saturated rings. The van der Waals surface area contributed by atoms with Crippen LogP contribution in [0.5, 0.6) is 0 Å². The number of rotatable bonds is 10. The summed E-state index contributed by atoms with van der Waals surface area (Å²) in [5.74, 6) is 3.19. The first-order valence-corrected chi connectivity index (χ1v) is 28.2. The number of benzene rings is 9. The molecule has 0 spiro atoms. The van der Waals surface area contributed by atoms with Crippen LogP contribution >= 0.6 is 0 Å². The minimum atomic E-state index is -2.88. The van der Waals surface area contributed by atoms with Gasteiger partial charge in [-0.05, 0) is 112 Å². The Morgan fingerprint density at radius 1 is 0.411 bits per heavy atom. The molecule has 6 heteroatoms. The largest absolute Gasteiger partial charge is 0.366 e. The van der Waals surface area contributed by atoms with Crippen molar-refractivity contribution in [2.75, 3.05) is 4.90 Å². The Kier molecular flexibility index (Phi) is 10.6. The molecule has 3 atom stereocenters. The van der Waals surface area contributed by atoms with Crippen molar-refractivity contribution in [3.05, 3.63) is 237 Å². The molecule has 352 valence electrons. The zero-order valence-corrected chi connectivity index (χ0v) is 42.0. The van der Waals surface area contributed by atoms with E-state index in [0.29, 0.717) is 17.9 Å². The molecule has 73 heavy (non-hydrogen) atoms. The van der Waals surface area contributed by atoms with Crippen molar-refractivity contribution in [2.24, 2.45) is 5.92 Å². The van der Waals surface area contributed by atoms with E-state index in [1.165, 1.54) is 91.2 Å². The van der Waals surface area contributed by atoms with Crippen LogP contribution in [0.25, 0.3) is 77.8 Å². The van der Waals surface area contributed by atoms with Gasteiger partial charge >= 0.3 is 0 Å². The second-order valence-electron chi connectivity index (χ2n) is 20.4. The summed E-state index contributed by atoms with van der Waals surface area (Å²) < 4.78 is 4.75. The van der Waals surface area contributed by atoms with Crippen molar-refractivity contribution in [2.45, 2.75) is 51.1 Å². The first-order valence-electron chi connectivity index (χ1n) is 26.2. The molecule has 9 aromatic carbocycles. The van der Waals surface area contributed by atoms with Crippen molar-refractivity contribution in [1.29, 1.82) is 0 Å². The maximum absolute atomic E-state index is 5.72. The minimum absolute atomic E-state index is 0.572. The van der Waals surface area contributed by atoms with E-state index < -0.39 is 8.07 Å². The monoisotopic (exact) mass is 957 g/mol. The molecule has 0 amide bonds. The number of anilines is 1. The lowest BCUT2D eigenvalue weighted by Gasteiger charge is -2.42. The normalized spacial score (nSPS) is 16.8. The van der Waals surface area contributed by atoms with Gasteiger partial charge in [-0.25, -0.2) is 9.97 Å². The fourth-order valence-electron chi connectivity index (χ4n) is 13.2. The van der Waals surface area contributed by atoms with Crippen LogP contribution in [0.2, 0.25) is 0 Å². The van der Waals surface area contributed by atoms with Crippen molar-refractivity contribution in [3.63, 3.8) is 0 Å². The molecule has 1 aliphatic heterocycles. The number of nitrogens with zero attached hydrogens (tertiary/aromatic N) is 5. The average molecular weight is 958 g/mol. The Labute approximate surface area is 427 Å². The van der Waals surface area contributed by atoms with Crippen molar-refractivity contribution < 1.29 is 0 Å². The van der Waals surface area contributed by atoms with Crippen LogP contribution in [0.4, 0.5) is 5.69 Å². The second kappa shape index (κ2) is 17.8. The molecule has 0 radical (unpaired) electrons. The molecule has 2 bridgehead atoms. The highest BCUT2D eigenvalue weighted by Crippen LogP contribution is 2.45. The van der Waals surface area contributed by atoms with E-state index in [9.17, 15) is 0 Å². The summed E-state index contributed by atoms with van der Waals surface area (Å²) in [6, 6.07) is 88.5. The third-order valence-corrected chi connectivity index (χ3v) is 21.2. The molecule has 14 rings (SSSR count). The molecule has 12 aromatic rings. The van der Waals surface area contributed by atoms with Gasteiger partial charge in [-0.15, -0.1) is 0 Å². The molecule has 3 unspecified atom stereocenters. The van der Waals surface area contributed by atoms with E-state index in [4.69, 9.17) is 9.97 Å². The number of hydrogen-bond donors (Lipinski definition) is 0. The molecule has 3 aromatic heterocycles. The third kappa shape index (κ3) is 7.10. The smallest absolute Gasteiger partial charge is 0.179 e. The van der Waals surface area contributed by atoms with Gasteiger partial charge in [0.25, 0.3) is 0 Å². The van der Waals surface area contributed by atoms with Gasteiger partial charge in [-0.3, -0.25) is 9.13 Å². The summed E-state index contributed by atoms with van der Waals surface area (Å²) in [5.41, 5.74) is 9.17. The van der Waals surface area contributed by atoms with Crippen LogP contribution in [0.15, 0.2) is 237 Å². The van der Waals surface area contributed by atoms with Gasteiger partial charge in [0.1, 0.15) is 11.6 Å².